The Morgan fingerprint density at radius 2 is 1.89 bits per heavy atom. The number of ether oxygens (including phenoxy) is 1. The third-order valence-electron chi connectivity index (χ3n) is 5.47. The maximum Gasteiger partial charge on any atom is 0.189 e. The summed E-state index contributed by atoms with van der Waals surface area (Å²) in [4.78, 5) is 14.6. The fourth-order valence-electron chi connectivity index (χ4n) is 3.84. The summed E-state index contributed by atoms with van der Waals surface area (Å²) in [6.07, 6.45) is 4.17. The van der Waals surface area contributed by atoms with Crippen LogP contribution in [0.25, 0.3) is 10.9 Å². The Morgan fingerprint density at radius 1 is 1.11 bits per heavy atom. The van der Waals surface area contributed by atoms with Crippen molar-refractivity contribution in [2.24, 2.45) is 0 Å². The Bertz CT molecular complexity index is 1050. The van der Waals surface area contributed by atoms with Crippen LogP contribution < -0.4 is 10.2 Å². The second kappa shape index (κ2) is 8.10. The summed E-state index contributed by atoms with van der Waals surface area (Å²) in [5, 5.41) is 0.755. The van der Waals surface area contributed by atoms with Gasteiger partial charge < -0.3 is 9.30 Å². The zero-order chi connectivity index (χ0) is 19.7. The first kappa shape index (κ1) is 19.2. The number of benzene rings is 2. The van der Waals surface area contributed by atoms with Gasteiger partial charge in [0.25, 0.3) is 0 Å². The maximum atomic E-state index is 12.2. The van der Waals surface area contributed by atoms with Crippen molar-refractivity contribution in [2.75, 3.05) is 13.1 Å². The maximum absolute atomic E-state index is 12.2. The molecule has 28 heavy (non-hydrogen) atoms. The highest BCUT2D eigenvalue weighted by Crippen LogP contribution is 2.25. The standard InChI is InChI=1S/C23H25BrN2O2/c1-16-6-7-17(2)22(14-16)28-18-8-11-25(12-9-18)15-26-13-10-21(27)19-4-3-5-20(24)23(19)26/h3-7,10,13-14,18H,8-9,11-12,15H2,1-2H3. The Balaban J connectivity index is 1.44. The first-order valence-corrected chi connectivity index (χ1v) is 10.5. The lowest BCUT2D eigenvalue weighted by Crippen LogP contribution is -2.39. The molecule has 0 saturated carbocycles. The van der Waals surface area contributed by atoms with Gasteiger partial charge in [-0.1, -0.05) is 18.2 Å². The van der Waals surface area contributed by atoms with Gasteiger partial charge in [0.05, 0.1) is 12.2 Å². The molecule has 0 atom stereocenters. The van der Waals surface area contributed by atoms with Crippen molar-refractivity contribution in [3.8, 4) is 5.75 Å². The van der Waals surface area contributed by atoms with Crippen LogP contribution in [0.1, 0.15) is 24.0 Å². The number of rotatable bonds is 4. The number of hydrogen-bond donors (Lipinski definition) is 0. The average Bonchev–Trinajstić information content (AvgIpc) is 2.69. The summed E-state index contributed by atoms with van der Waals surface area (Å²) in [5.74, 6) is 1.01. The third kappa shape index (κ3) is 4.01. The number of halogens is 1. The van der Waals surface area contributed by atoms with E-state index in [0.29, 0.717) is 0 Å². The van der Waals surface area contributed by atoms with E-state index in [4.69, 9.17) is 4.74 Å². The van der Waals surface area contributed by atoms with Gasteiger partial charge in [-0.05, 0) is 71.9 Å². The molecule has 0 unspecified atom stereocenters. The summed E-state index contributed by atoms with van der Waals surface area (Å²) in [6, 6.07) is 13.8. The molecule has 0 N–H and O–H groups in total. The highest BCUT2D eigenvalue weighted by Gasteiger charge is 2.21. The number of pyridine rings is 1. The minimum absolute atomic E-state index is 0.0631. The molecule has 0 aliphatic carbocycles. The SMILES string of the molecule is Cc1ccc(C)c(OC2CCN(Cn3ccc(=O)c4cccc(Br)c43)CC2)c1. The van der Waals surface area contributed by atoms with Gasteiger partial charge in [-0.15, -0.1) is 0 Å². The molecule has 3 aromatic rings. The monoisotopic (exact) mass is 440 g/mol. The Hall–Kier alpha value is -2.11. The molecule has 146 valence electrons. The first-order chi connectivity index (χ1) is 13.5. The van der Waals surface area contributed by atoms with Gasteiger partial charge in [-0.25, -0.2) is 0 Å². The lowest BCUT2D eigenvalue weighted by Gasteiger charge is -2.33. The summed E-state index contributed by atoms with van der Waals surface area (Å²) < 4.78 is 9.40. The van der Waals surface area contributed by atoms with Crippen molar-refractivity contribution >= 4 is 26.8 Å². The second-order valence-electron chi connectivity index (χ2n) is 7.63. The topological polar surface area (TPSA) is 34.5 Å². The minimum atomic E-state index is 0.0631. The third-order valence-corrected chi connectivity index (χ3v) is 6.11. The molecule has 1 saturated heterocycles. The number of nitrogens with zero attached hydrogens (tertiary/aromatic N) is 2. The molecule has 4 nitrogen and oxygen atoms in total. The number of hydrogen-bond acceptors (Lipinski definition) is 3. The van der Waals surface area contributed by atoms with Crippen molar-refractivity contribution < 1.29 is 4.74 Å². The zero-order valence-corrected chi connectivity index (χ0v) is 17.9. The molecule has 1 aliphatic heterocycles. The van der Waals surface area contributed by atoms with Crippen LogP contribution in [0.15, 0.2) is 57.9 Å². The molecule has 0 spiro atoms. The zero-order valence-electron chi connectivity index (χ0n) is 16.3. The highest BCUT2D eigenvalue weighted by molar-refractivity contribution is 9.10. The lowest BCUT2D eigenvalue weighted by molar-refractivity contribution is 0.0839. The summed E-state index contributed by atoms with van der Waals surface area (Å²) in [7, 11) is 0. The van der Waals surface area contributed by atoms with E-state index in [2.05, 4.69) is 57.4 Å². The van der Waals surface area contributed by atoms with Crippen molar-refractivity contribution in [3.05, 3.63) is 74.5 Å². The van der Waals surface area contributed by atoms with Gasteiger partial charge in [0.2, 0.25) is 0 Å². The summed E-state index contributed by atoms with van der Waals surface area (Å²) in [5.41, 5.74) is 3.45. The fraction of sp³-hybridized carbons (Fsp3) is 0.348. The first-order valence-electron chi connectivity index (χ1n) is 9.75. The Kier molecular flexibility index (Phi) is 5.56. The van der Waals surface area contributed by atoms with E-state index in [9.17, 15) is 4.79 Å². The van der Waals surface area contributed by atoms with Gasteiger partial charge in [0, 0.05) is 35.2 Å². The number of likely N-dealkylation sites (tertiary alicyclic amines) is 1. The molecule has 2 heterocycles. The number of aromatic nitrogens is 1. The number of piperidine rings is 1. The minimum Gasteiger partial charge on any atom is -0.490 e. The van der Waals surface area contributed by atoms with E-state index in [1.807, 2.05) is 24.4 Å². The second-order valence-corrected chi connectivity index (χ2v) is 8.49. The Morgan fingerprint density at radius 3 is 2.68 bits per heavy atom. The molecule has 1 fully saturated rings. The fourth-order valence-corrected chi connectivity index (χ4v) is 4.44. The molecule has 0 radical (unpaired) electrons. The molecule has 4 rings (SSSR count). The molecule has 0 bridgehead atoms. The van der Waals surface area contributed by atoms with E-state index in [0.717, 1.165) is 53.7 Å². The Labute approximate surface area is 173 Å². The van der Waals surface area contributed by atoms with Crippen LogP contribution in [0.2, 0.25) is 0 Å². The largest absolute Gasteiger partial charge is 0.490 e. The molecule has 2 aromatic carbocycles. The quantitative estimate of drug-likeness (QED) is 0.579. The van der Waals surface area contributed by atoms with Crippen molar-refractivity contribution in [1.29, 1.82) is 0 Å². The van der Waals surface area contributed by atoms with E-state index in [-0.39, 0.29) is 11.5 Å². The predicted octanol–water partition coefficient (Wildman–Crippen LogP) is 4.88. The van der Waals surface area contributed by atoms with Gasteiger partial charge in [-0.2, -0.15) is 0 Å². The molecule has 0 amide bonds. The molecule has 5 heteroatoms. The van der Waals surface area contributed by atoms with Crippen LogP contribution in [0, 0.1) is 13.8 Å². The van der Waals surface area contributed by atoms with Crippen molar-refractivity contribution in [3.63, 3.8) is 0 Å². The van der Waals surface area contributed by atoms with Crippen molar-refractivity contribution in [2.45, 2.75) is 39.5 Å². The predicted molar refractivity (Wildman–Crippen MR) is 117 cm³/mol. The molecular weight excluding hydrogens is 416 g/mol. The summed E-state index contributed by atoms with van der Waals surface area (Å²) in [6.45, 7) is 6.93. The van der Waals surface area contributed by atoms with Crippen LogP contribution in [-0.4, -0.2) is 28.7 Å². The number of para-hydroxylation sites is 1. The van der Waals surface area contributed by atoms with Gasteiger partial charge >= 0.3 is 0 Å². The van der Waals surface area contributed by atoms with E-state index >= 15 is 0 Å². The molecular formula is C23H25BrN2O2. The van der Waals surface area contributed by atoms with Crippen LogP contribution in [0.5, 0.6) is 5.75 Å². The van der Waals surface area contributed by atoms with Crippen LogP contribution in [-0.2, 0) is 6.67 Å². The molecule has 1 aliphatic rings. The number of aryl methyl sites for hydroxylation is 2. The van der Waals surface area contributed by atoms with E-state index < -0.39 is 0 Å². The normalized spacial score (nSPS) is 15.8. The van der Waals surface area contributed by atoms with Crippen LogP contribution >= 0.6 is 15.9 Å². The van der Waals surface area contributed by atoms with Crippen molar-refractivity contribution in [1.82, 2.24) is 9.47 Å². The van der Waals surface area contributed by atoms with E-state index in [1.54, 1.807) is 6.07 Å². The van der Waals surface area contributed by atoms with Crippen LogP contribution in [0.4, 0.5) is 0 Å². The smallest absolute Gasteiger partial charge is 0.189 e. The number of fused-ring (bicyclic) bond motifs is 1. The van der Waals surface area contributed by atoms with Gasteiger partial charge in [-0.3, -0.25) is 9.69 Å². The molecule has 1 aromatic heterocycles. The summed E-state index contributed by atoms with van der Waals surface area (Å²) >= 11 is 3.61. The van der Waals surface area contributed by atoms with Crippen LogP contribution in [0.3, 0.4) is 0 Å². The highest BCUT2D eigenvalue weighted by atomic mass is 79.9. The van der Waals surface area contributed by atoms with Gasteiger partial charge in [0.15, 0.2) is 5.43 Å². The average molecular weight is 441 g/mol. The lowest BCUT2D eigenvalue weighted by atomic mass is 10.1. The van der Waals surface area contributed by atoms with Gasteiger partial charge in [0.1, 0.15) is 11.9 Å². The van der Waals surface area contributed by atoms with E-state index in [1.165, 1.54) is 11.1 Å².